The molecule has 4 aromatic rings. The third-order valence-electron chi connectivity index (χ3n) is 4.14. The first-order chi connectivity index (χ1) is 15.2. The summed E-state index contributed by atoms with van der Waals surface area (Å²) < 4.78 is 44.6. The molecular formula is C19H11Cl2F3N6O2. The number of ether oxygens (including phenoxy) is 1. The molecule has 0 spiro atoms. The number of carbonyl (C=O) groups excluding carboxylic acids is 1. The number of anilines is 2. The summed E-state index contributed by atoms with van der Waals surface area (Å²) in [5.74, 6) is 0.580. The molecule has 2 aromatic carbocycles. The van der Waals surface area contributed by atoms with E-state index in [4.69, 9.17) is 27.9 Å². The third-order valence-corrected chi connectivity index (χ3v) is 4.79. The number of hydrogen-bond acceptors (Lipinski definition) is 5. The molecule has 0 saturated heterocycles. The van der Waals surface area contributed by atoms with Crippen LogP contribution in [0.4, 0.5) is 29.3 Å². The van der Waals surface area contributed by atoms with E-state index in [1.54, 1.807) is 0 Å². The van der Waals surface area contributed by atoms with E-state index in [-0.39, 0.29) is 22.3 Å². The Hall–Kier alpha value is -3.57. The second-order valence-electron chi connectivity index (χ2n) is 6.33. The molecule has 13 heteroatoms. The van der Waals surface area contributed by atoms with Gasteiger partial charge in [0.15, 0.2) is 5.65 Å². The van der Waals surface area contributed by atoms with Crippen molar-refractivity contribution < 1.29 is 22.7 Å². The Morgan fingerprint density at radius 1 is 1.03 bits per heavy atom. The van der Waals surface area contributed by atoms with Gasteiger partial charge < -0.3 is 15.4 Å². The minimum Gasteiger partial charge on any atom is -0.438 e. The Morgan fingerprint density at radius 3 is 2.59 bits per heavy atom. The highest BCUT2D eigenvalue weighted by molar-refractivity contribution is 6.34. The molecule has 2 amide bonds. The molecule has 8 nitrogen and oxygen atoms in total. The second-order valence-corrected chi connectivity index (χ2v) is 7.14. The summed E-state index contributed by atoms with van der Waals surface area (Å²) in [6, 6.07) is 6.66. The van der Waals surface area contributed by atoms with Gasteiger partial charge in [-0.1, -0.05) is 23.2 Å². The number of benzene rings is 2. The zero-order valence-corrected chi connectivity index (χ0v) is 17.2. The van der Waals surface area contributed by atoms with Gasteiger partial charge in [0.05, 0.1) is 27.5 Å². The quantitative estimate of drug-likeness (QED) is 0.325. The fourth-order valence-corrected chi connectivity index (χ4v) is 3.14. The average Bonchev–Trinajstić information content (AvgIpc) is 3.21. The predicted octanol–water partition coefficient (Wildman–Crippen LogP) is 6.11. The molecule has 0 atom stereocenters. The van der Waals surface area contributed by atoms with E-state index >= 15 is 0 Å². The van der Waals surface area contributed by atoms with Gasteiger partial charge in [0.25, 0.3) is 0 Å². The molecule has 0 bridgehead atoms. The Labute approximate surface area is 187 Å². The van der Waals surface area contributed by atoms with Crippen molar-refractivity contribution in [1.29, 1.82) is 0 Å². The van der Waals surface area contributed by atoms with Crippen molar-refractivity contribution in [3.63, 3.8) is 0 Å². The van der Waals surface area contributed by atoms with Crippen LogP contribution in [0, 0.1) is 0 Å². The van der Waals surface area contributed by atoms with Gasteiger partial charge >= 0.3 is 12.2 Å². The van der Waals surface area contributed by atoms with Crippen LogP contribution in [0.15, 0.2) is 48.9 Å². The van der Waals surface area contributed by atoms with E-state index in [9.17, 15) is 18.0 Å². The summed E-state index contributed by atoms with van der Waals surface area (Å²) in [5.41, 5.74) is -0.458. The van der Waals surface area contributed by atoms with Gasteiger partial charge in [0.2, 0.25) is 5.88 Å². The molecule has 0 saturated carbocycles. The van der Waals surface area contributed by atoms with Crippen molar-refractivity contribution in [2.75, 3.05) is 10.6 Å². The fraction of sp³-hybridized carbons (Fsp3) is 0.0526. The summed E-state index contributed by atoms with van der Waals surface area (Å²) in [7, 11) is 0. The maximum Gasteiger partial charge on any atom is 0.417 e. The minimum absolute atomic E-state index is 0.0943. The van der Waals surface area contributed by atoms with E-state index in [2.05, 4.69) is 30.8 Å². The summed E-state index contributed by atoms with van der Waals surface area (Å²) in [4.78, 5) is 20.3. The summed E-state index contributed by atoms with van der Waals surface area (Å²) in [6.45, 7) is 0. The number of carbonyl (C=O) groups is 1. The number of aromatic nitrogens is 4. The lowest BCUT2D eigenvalue weighted by Gasteiger charge is -2.13. The van der Waals surface area contributed by atoms with Crippen molar-refractivity contribution in [1.82, 2.24) is 20.2 Å². The SMILES string of the molecule is O=C(Nc1ccc(Cl)c(C(F)(F)F)c1)Nc1ccc(Oc2ncnc3[nH]ncc23)cc1Cl. The number of H-pyrrole nitrogens is 1. The van der Waals surface area contributed by atoms with Crippen LogP contribution >= 0.6 is 23.2 Å². The van der Waals surface area contributed by atoms with Gasteiger partial charge in [-0.15, -0.1) is 0 Å². The summed E-state index contributed by atoms with van der Waals surface area (Å²) >= 11 is 11.8. The zero-order valence-electron chi connectivity index (χ0n) is 15.7. The van der Waals surface area contributed by atoms with Gasteiger partial charge in [-0.25, -0.2) is 14.8 Å². The van der Waals surface area contributed by atoms with Gasteiger partial charge in [0.1, 0.15) is 17.5 Å². The lowest BCUT2D eigenvalue weighted by atomic mass is 10.2. The Bertz CT molecular complexity index is 1310. The van der Waals surface area contributed by atoms with Gasteiger partial charge in [0, 0.05) is 11.8 Å². The molecule has 0 unspecified atom stereocenters. The van der Waals surface area contributed by atoms with Gasteiger partial charge in [-0.05, 0) is 30.3 Å². The van der Waals surface area contributed by atoms with E-state index < -0.39 is 22.8 Å². The number of aromatic amines is 1. The fourth-order valence-electron chi connectivity index (χ4n) is 2.70. The van der Waals surface area contributed by atoms with E-state index in [0.717, 1.165) is 12.1 Å². The number of fused-ring (bicyclic) bond motifs is 1. The standard InChI is InChI=1S/C19H11Cl2F3N6O2/c20-13-3-1-9(5-12(13)19(22,23)24)28-18(31)29-15-4-2-10(6-14(15)21)32-17-11-7-27-30-16(11)25-8-26-17/h1-8H,(H2,28,29,31)(H,25,26,27,30). The van der Waals surface area contributed by atoms with Gasteiger partial charge in [-0.3, -0.25) is 5.10 Å². The first kappa shape index (κ1) is 21.7. The van der Waals surface area contributed by atoms with Crippen molar-refractivity contribution in [2.45, 2.75) is 6.18 Å². The third kappa shape index (κ3) is 4.68. The molecule has 0 aliphatic heterocycles. The van der Waals surface area contributed by atoms with Crippen LogP contribution in [0.5, 0.6) is 11.6 Å². The van der Waals surface area contributed by atoms with Crippen LogP contribution in [0.2, 0.25) is 10.0 Å². The molecule has 0 radical (unpaired) electrons. The van der Waals surface area contributed by atoms with Crippen LogP contribution in [0.3, 0.4) is 0 Å². The minimum atomic E-state index is -4.66. The highest BCUT2D eigenvalue weighted by Crippen LogP contribution is 2.36. The van der Waals surface area contributed by atoms with E-state index in [1.807, 2.05) is 0 Å². The number of nitrogens with zero attached hydrogens (tertiary/aromatic N) is 3. The zero-order chi connectivity index (χ0) is 22.9. The molecule has 0 aliphatic rings. The van der Waals surface area contributed by atoms with Crippen molar-refractivity contribution in [3.05, 3.63) is 64.5 Å². The number of urea groups is 1. The maximum absolute atomic E-state index is 13.0. The topological polar surface area (TPSA) is 105 Å². The first-order valence-corrected chi connectivity index (χ1v) is 9.52. The van der Waals surface area contributed by atoms with E-state index in [0.29, 0.717) is 16.8 Å². The molecule has 0 fully saturated rings. The number of hydrogen-bond donors (Lipinski definition) is 3. The van der Waals surface area contributed by atoms with Crippen LogP contribution in [0.25, 0.3) is 11.0 Å². The normalized spacial score (nSPS) is 11.4. The second kappa shape index (κ2) is 8.52. The van der Waals surface area contributed by atoms with Crippen molar-refractivity contribution in [2.24, 2.45) is 0 Å². The lowest BCUT2D eigenvalue weighted by molar-refractivity contribution is -0.137. The monoisotopic (exact) mass is 482 g/mol. The highest BCUT2D eigenvalue weighted by atomic mass is 35.5. The Balaban J connectivity index is 1.46. The molecule has 32 heavy (non-hydrogen) atoms. The van der Waals surface area contributed by atoms with E-state index in [1.165, 1.54) is 36.8 Å². The van der Waals surface area contributed by atoms with Gasteiger partial charge in [-0.2, -0.15) is 18.3 Å². The largest absolute Gasteiger partial charge is 0.438 e. The number of nitrogens with one attached hydrogen (secondary N) is 3. The molecule has 4 rings (SSSR count). The predicted molar refractivity (Wildman–Crippen MR) is 112 cm³/mol. The first-order valence-electron chi connectivity index (χ1n) is 8.77. The van der Waals surface area contributed by atoms with Crippen LogP contribution < -0.4 is 15.4 Å². The molecule has 2 aromatic heterocycles. The van der Waals surface area contributed by atoms with Crippen LogP contribution in [-0.4, -0.2) is 26.2 Å². The number of halogens is 5. The van der Waals surface area contributed by atoms with Crippen LogP contribution in [0.1, 0.15) is 5.56 Å². The Morgan fingerprint density at radius 2 is 1.84 bits per heavy atom. The van der Waals surface area contributed by atoms with Crippen molar-refractivity contribution in [3.8, 4) is 11.6 Å². The van der Waals surface area contributed by atoms with Crippen molar-refractivity contribution >= 4 is 51.6 Å². The molecule has 2 heterocycles. The number of rotatable bonds is 4. The molecular weight excluding hydrogens is 472 g/mol. The highest BCUT2D eigenvalue weighted by Gasteiger charge is 2.33. The lowest BCUT2D eigenvalue weighted by Crippen LogP contribution is -2.20. The summed E-state index contributed by atoms with van der Waals surface area (Å²) in [6.07, 6.45) is -1.84. The maximum atomic E-state index is 13.0. The average molecular weight is 483 g/mol. The molecule has 3 N–H and O–H groups in total. The summed E-state index contributed by atoms with van der Waals surface area (Å²) in [5, 5.41) is 11.5. The number of alkyl halides is 3. The molecule has 0 aliphatic carbocycles. The number of amides is 2. The van der Waals surface area contributed by atoms with Crippen LogP contribution in [-0.2, 0) is 6.18 Å². The smallest absolute Gasteiger partial charge is 0.417 e. The Kier molecular flexibility index (Phi) is 5.76. The molecule has 164 valence electrons.